The van der Waals surface area contributed by atoms with E-state index in [0.29, 0.717) is 25.3 Å². The molecule has 30 heavy (non-hydrogen) atoms. The SMILES string of the molecule is O=c1c(Cl)c(NCC(O)CN2CCc3ccccc3C2)cnn1Cc1ccccc1. The molecule has 0 fully saturated rings. The molecule has 3 aromatic rings. The Morgan fingerprint density at radius 3 is 2.63 bits per heavy atom. The molecule has 1 atom stereocenters. The minimum absolute atomic E-state index is 0.0834. The van der Waals surface area contributed by atoms with Crippen LogP contribution in [0.1, 0.15) is 16.7 Å². The van der Waals surface area contributed by atoms with Crippen LogP contribution >= 0.6 is 11.6 Å². The second-order valence-electron chi connectivity index (χ2n) is 7.61. The Morgan fingerprint density at radius 2 is 1.83 bits per heavy atom. The average molecular weight is 425 g/mol. The summed E-state index contributed by atoms with van der Waals surface area (Å²) in [6.45, 7) is 2.97. The summed E-state index contributed by atoms with van der Waals surface area (Å²) in [5, 5.41) is 17.8. The third-order valence-corrected chi connectivity index (χ3v) is 5.73. The summed E-state index contributed by atoms with van der Waals surface area (Å²) in [6.07, 6.45) is 1.94. The summed E-state index contributed by atoms with van der Waals surface area (Å²) in [5.41, 5.74) is 3.76. The Balaban J connectivity index is 1.33. The molecule has 0 saturated carbocycles. The predicted octanol–water partition coefficient (Wildman–Crippen LogP) is 2.78. The van der Waals surface area contributed by atoms with Crippen LogP contribution < -0.4 is 10.9 Å². The molecule has 2 N–H and O–H groups in total. The maximum atomic E-state index is 12.5. The first-order valence-electron chi connectivity index (χ1n) is 10.1. The van der Waals surface area contributed by atoms with Gasteiger partial charge in [0, 0.05) is 26.2 Å². The highest BCUT2D eigenvalue weighted by molar-refractivity contribution is 6.32. The van der Waals surface area contributed by atoms with Gasteiger partial charge in [-0.2, -0.15) is 5.10 Å². The van der Waals surface area contributed by atoms with E-state index in [1.54, 1.807) is 0 Å². The summed E-state index contributed by atoms with van der Waals surface area (Å²) >= 11 is 6.27. The summed E-state index contributed by atoms with van der Waals surface area (Å²) in [5.74, 6) is 0. The first kappa shape index (κ1) is 20.6. The van der Waals surface area contributed by atoms with E-state index >= 15 is 0 Å². The van der Waals surface area contributed by atoms with Gasteiger partial charge in [0.2, 0.25) is 0 Å². The van der Waals surface area contributed by atoms with Crippen molar-refractivity contribution in [3.05, 3.63) is 92.9 Å². The maximum absolute atomic E-state index is 12.5. The maximum Gasteiger partial charge on any atom is 0.287 e. The molecule has 1 aliphatic rings. The van der Waals surface area contributed by atoms with E-state index in [1.165, 1.54) is 22.0 Å². The second kappa shape index (κ2) is 9.43. The lowest BCUT2D eigenvalue weighted by molar-refractivity contribution is 0.114. The number of nitrogens with zero attached hydrogens (tertiary/aromatic N) is 3. The lowest BCUT2D eigenvalue weighted by Crippen LogP contribution is -2.39. The van der Waals surface area contributed by atoms with Gasteiger partial charge in [-0.3, -0.25) is 9.69 Å². The van der Waals surface area contributed by atoms with Crippen LogP contribution in [0.5, 0.6) is 0 Å². The Bertz CT molecular complexity index is 1050. The molecule has 1 aromatic heterocycles. The number of β-amino-alcohol motifs (C(OH)–C–C–N with tert-alkyl or cyclic N) is 1. The molecule has 0 radical (unpaired) electrons. The van der Waals surface area contributed by atoms with E-state index < -0.39 is 6.10 Å². The van der Waals surface area contributed by atoms with Crippen LogP contribution in [0.15, 0.2) is 65.6 Å². The fraction of sp³-hybridized carbons (Fsp3) is 0.304. The zero-order valence-corrected chi connectivity index (χ0v) is 17.4. The van der Waals surface area contributed by atoms with Crippen LogP contribution in [0, 0.1) is 0 Å². The van der Waals surface area contributed by atoms with Crippen LogP contribution in [0.3, 0.4) is 0 Å². The Hall–Kier alpha value is -2.67. The van der Waals surface area contributed by atoms with Crippen molar-refractivity contribution in [2.24, 2.45) is 0 Å². The van der Waals surface area contributed by atoms with Crippen molar-refractivity contribution in [2.45, 2.75) is 25.6 Å². The summed E-state index contributed by atoms with van der Waals surface area (Å²) < 4.78 is 1.34. The van der Waals surface area contributed by atoms with Gasteiger partial charge in [-0.25, -0.2) is 4.68 Å². The number of fused-ring (bicyclic) bond motifs is 1. The number of aliphatic hydroxyl groups excluding tert-OH is 1. The highest BCUT2D eigenvalue weighted by Gasteiger charge is 2.19. The van der Waals surface area contributed by atoms with Gasteiger partial charge >= 0.3 is 0 Å². The van der Waals surface area contributed by atoms with Crippen molar-refractivity contribution in [3.63, 3.8) is 0 Å². The molecule has 7 heteroatoms. The van der Waals surface area contributed by atoms with Crippen LogP contribution in [-0.4, -0.2) is 45.5 Å². The van der Waals surface area contributed by atoms with E-state index in [4.69, 9.17) is 11.6 Å². The van der Waals surface area contributed by atoms with E-state index in [1.807, 2.05) is 30.3 Å². The molecule has 0 saturated heterocycles. The van der Waals surface area contributed by atoms with E-state index in [-0.39, 0.29) is 10.6 Å². The third-order valence-electron chi connectivity index (χ3n) is 5.37. The average Bonchev–Trinajstić information content (AvgIpc) is 2.77. The van der Waals surface area contributed by atoms with Crippen molar-refractivity contribution in [2.75, 3.05) is 25.0 Å². The van der Waals surface area contributed by atoms with Crippen LogP contribution in [0.2, 0.25) is 5.02 Å². The summed E-state index contributed by atoms with van der Waals surface area (Å²) in [7, 11) is 0. The molecule has 2 aromatic carbocycles. The number of aliphatic hydroxyl groups is 1. The monoisotopic (exact) mass is 424 g/mol. The topological polar surface area (TPSA) is 70.4 Å². The van der Waals surface area contributed by atoms with E-state index in [2.05, 4.69) is 39.6 Å². The van der Waals surface area contributed by atoms with Gasteiger partial charge in [-0.15, -0.1) is 0 Å². The normalized spacial score (nSPS) is 14.9. The minimum atomic E-state index is -0.585. The highest BCUT2D eigenvalue weighted by Crippen LogP contribution is 2.19. The highest BCUT2D eigenvalue weighted by atomic mass is 35.5. The first-order valence-corrected chi connectivity index (χ1v) is 10.5. The molecule has 0 spiro atoms. The Labute approximate surface area is 180 Å². The van der Waals surface area contributed by atoms with Crippen LogP contribution in [0.25, 0.3) is 0 Å². The summed E-state index contributed by atoms with van der Waals surface area (Å²) in [6, 6.07) is 18.1. The smallest absolute Gasteiger partial charge is 0.287 e. The third kappa shape index (κ3) is 4.90. The van der Waals surface area contributed by atoms with E-state index in [9.17, 15) is 9.90 Å². The fourth-order valence-corrected chi connectivity index (χ4v) is 3.97. The van der Waals surface area contributed by atoms with Gasteiger partial charge in [0.15, 0.2) is 0 Å². The number of rotatable bonds is 7. The minimum Gasteiger partial charge on any atom is -0.390 e. The second-order valence-corrected chi connectivity index (χ2v) is 7.99. The fourth-order valence-electron chi connectivity index (χ4n) is 3.76. The standard InChI is InChI=1S/C23H25ClN4O2/c24-22-21(13-26-28(23(22)30)14-17-6-2-1-3-7-17)25-12-20(29)16-27-11-10-18-8-4-5-9-19(18)15-27/h1-9,13,20,25,29H,10-12,14-16H2. The molecular formula is C23H25ClN4O2. The lowest BCUT2D eigenvalue weighted by Gasteiger charge is -2.30. The van der Waals surface area contributed by atoms with Gasteiger partial charge in [0.05, 0.1) is 24.5 Å². The first-order chi connectivity index (χ1) is 14.6. The Morgan fingerprint density at radius 1 is 1.10 bits per heavy atom. The molecule has 6 nitrogen and oxygen atoms in total. The molecule has 1 unspecified atom stereocenters. The molecule has 0 amide bonds. The molecule has 156 valence electrons. The zero-order chi connectivity index (χ0) is 20.9. The van der Waals surface area contributed by atoms with Crippen molar-refractivity contribution in [1.29, 1.82) is 0 Å². The largest absolute Gasteiger partial charge is 0.390 e. The molecule has 2 heterocycles. The number of hydrogen-bond acceptors (Lipinski definition) is 5. The van der Waals surface area contributed by atoms with Crippen molar-refractivity contribution >= 4 is 17.3 Å². The Kier molecular flexibility index (Phi) is 6.47. The number of halogens is 1. The molecule has 0 aliphatic carbocycles. The molecule has 0 bridgehead atoms. The van der Waals surface area contributed by atoms with Crippen molar-refractivity contribution in [3.8, 4) is 0 Å². The summed E-state index contributed by atoms with van der Waals surface area (Å²) in [4.78, 5) is 14.8. The molecule has 4 rings (SSSR count). The van der Waals surface area contributed by atoms with Gasteiger partial charge in [0.25, 0.3) is 5.56 Å². The van der Waals surface area contributed by atoms with Gasteiger partial charge in [-0.05, 0) is 23.1 Å². The number of anilines is 1. The number of benzene rings is 2. The van der Waals surface area contributed by atoms with Gasteiger partial charge < -0.3 is 10.4 Å². The number of hydrogen-bond donors (Lipinski definition) is 2. The van der Waals surface area contributed by atoms with E-state index in [0.717, 1.165) is 25.1 Å². The lowest BCUT2D eigenvalue weighted by atomic mass is 10.00. The molecule has 1 aliphatic heterocycles. The van der Waals surface area contributed by atoms with Crippen LogP contribution in [0.4, 0.5) is 5.69 Å². The predicted molar refractivity (Wildman–Crippen MR) is 119 cm³/mol. The van der Waals surface area contributed by atoms with Gasteiger partial charge in [-0.1, -0.05) is 66.2 Å². The zero-order valence-electron chi connectivity index (χ0n) is 16.7. The quantitative estimate of drug-likeness (QED) is 0.610. The molecular weight excluding hydrogens is 400 g/mol. The van der Waals surface area contributed by atoms with Crippen molar-refractivity contribution < 1.29 is 5.11 Å². The number of aromatic nitrogens is 2. The number of nitrogens with one attached hydrogen (secondary N) is 1. The van der Waals surface area contributed by atoms with Gasteiger partial charge in [0.1, 0.15) is 5.02 Å². The van der Waals surface area contributed by atoms with Crippen molar-refractivity contribution in [1.82, 2.24) is 14.7 Å². The van der Waals surface area contributed by atoms with Crippen LogP contribution in [-0.2, 0) is 19.5 Å².